The first-order valence-corrected chi connectivity index (χ1v) is 16.5. The SMILES string of the molecule is CC(C)C(NC(=O)NCC(C)(C)OC(=O)Cc1ccc(OP(=O)(O)O)cc1)C(=O)N1CCC(O)(c2ccc(Cl)cc2)C(C)(C)C1. The summed E-state index contributed by atoms with van der Waals surface area (Å²) in [5.41, 5.74) is -1.68. The topological polar surface area (TPSA) is 175 Å². The van der Waals surface area contributed by atoms with E-state index in [4.69, 9.17) is 26.1 Å². The van der Waals surface area contributed by atoms with Crippen LogP contribution in [0, 0.1) is 11.3 Å². The summed E-state index contributed by atoms with van der Waals surface area (Å²) in [5.74, 6) is -1.10. The summed E-state index contributed by atoms with van der Waals surface area (Å²) in [4.78, 5) is 58.5. The van der Waals surface area contributed by atoms with E-state index in [1.54, 1.807) is 43.0 Å². The number of nitrogens with zero attached hydrogens (tertiary/aromatic N) is 1. The van der Waals surface area contributed by atoms with E-state index in [9.17, 15) is 24.1 Å². The molecular formula is C31H43ClN3O9P. The Morgan fingerprint density at radius 2 is 1.67 bits per heavy atom. The fraction of sp³-hybridized carbons (Fsp3) is 0.516. The molecule has 0 saturated carbocycles. The summed E-state index contributed by atoms with van der Waals surface area (Å²) < 4.78 is 21.0. The molecule has 248 valence electrons. The number of nitrogens with one attached hydrogen (secondary N) is 2. The van der Waals surface area contributed by atoms with Crippen LogP contribution >= 0.6 is 19.4 Å². The van der Waals surface area contributed by atoms with Crippen molar-refractivity contribution >= 4 is 37.3 Å². The lowest BCUT2D eigenvalue weighted by molar-refractivity contribution is -0.155. The number of piperidine rings is 1. The minimum Gasteiger partial charge on any atom is -0.458 e. The van der Waals surface area contributed by atoms with Gasteiger partial charge in [0.15, 0.2) is 0 Å². The summed E-state index contributed by atoms with van der Waals surface area (Å²) in [5, 5.41) is 17.7. The predicted molar refractivity (Wildman–Crippen MR) is 168 cm³/mol. The number of likely N-dealkylation sites (tertiary alicyclic amines) is 1. The molecule has 0 bridgehead atoms. The number of benzene rings is 2. The van der Waals surface area contributed by atoms with Crippen LogP contribution in [0.3, 0.4) is 0 Å². The van der Waals surface area contributed by atoms with Crippen molar-refractivity contribution in [1.82, 2.24) is 15.5 Å². The van der Waals surface area contributed by atoms with Gasteiger partial charge in [-0.3, -0.25) is 19.4 Å². The second-order valence-corrected chi connectivity index (χ2v) is 14.5. The highest BCUT2D eigenvalue weighted by Crippen LogP contribution is 2.46. The van der Waals surface area contributed by atoms with Crippen LogP contribution in [-0.2, 0) is 30.9 Å². The third kappa shape index (κ3) is 9.92. The number of ether oxygens (including phenoxy) is 1. The maximum atomic E-state index is 13.6. The number of aliphatic hydroxyl groups is 1. The van der Waals surface area contributed by atoms with Gasteiger partial charge in [0.1, 0.15) is 17.4 Å². The Kier molecular flexibility index (Phi) is 11.4. The summed E-state index contributed by atoms with van der Waals surface area (Å²) in [7, 11) is -4.69. The fourth-order valence-corrected chi connectivity index (χ4v) is 5.84. The first-order valence-electron chi connectivity index (χ1n) is 14.6. The molecule has 3 rings (SSSR count). The van der Waals surface area contributed by atoms with Crippen LogP contribution in [0.1, 0.15) is 59.1 Å². The average Bonchev–Trinajstić information content (AvgIpc) is 2.92. The highest BCUT2D eigenvalue weighted by atomic mass is 35.5. The Bertz CT molecular complexity index is 1410. The average molecular weight is 668 g/mol. The van der Waals surface area contributed by atoms with Gasteiger partial charge >= 0.3 is 19.8 Å². The Morgan fingerprint density at radius 1 is 1.07 bits per heavy atom. The molecule has 45 heavy (non-hydrogen) atoms. The Labute approximate surface area is 268 Å². The van der Waals surface area contributed by atoms with Crippen LogP contribution in [0.15, 0.2) is 48.5 Å². The number of halogens is 1. The summed E-state index contributed by atoms with van der Waals surface area (Å²) >= 11 is 6.04. The molecule has 3 amide bonds. The predicted octanol–water partition coefficient (Wildman–Crippen LogP) is 4.15. The molecule has 0 radical (unpaired) electrons. The Morgan fingerprint density at radius 3 is 2.20 bits per heavy atom. The van der Waals surface area contributed by atoms with Gasteiger partial charge in [0.05, 0.1) is 18.6 Å². The highest BCUT2D eigenvalue weighted by Gasteiger charge is 2.50. The summed E-state index contributed by atoms with van der Waals surface area (Å²) in [6.45, 7) is 11.3. The number of phosphoric acid groups is 1. The number of hydrogen-bond acceptors (Lipinski definition) is 7. The molecule has 2 unspecified atom stereocenters. The van der Waals surface area contributed by atoms with Crippen LogP contribution in [0.2, 0.25) is 5.02 Å². The standard InChI is InChI=1S/C31H43ClN3O9P/c1-20(2)26(27(37)35-16-15-31(39,29(3,4)19-35)22-9-11-23(32)12-10-22)34-28(38)33-18-30(5,6)43-25(36)17-21-7-13-24(14-8-21)44-45(40,41)42/h7-14,20,26,39H,15-19H2,1-6H3,(H2,33,34,38)(H2,40,41,42). The quantitative estimate of drug-likeness (QED) is 0.174. The minimum atomic E-state index is -4.69. The third-order valence-electron chi connectivity index (χ3n) is 7.86. The normalized spacial score (nSPS) is 19.0. The lowest BCUT2D eigenvalue weighted by Crippen LogP contribution is -2.61. The number of phosphoric ester groups is 1. The molecule has 1 fully saturated rings. The maximum absolute atomic E-state index is 13.6. The highest BCUT2D eigenvalue weighted by molar-refractivity contribution is 7.46. The van der Waals surface area contributed by atoms with Crippen molar-refractivity contribution in [1.29, 1.82) is 0 Å². The van der Waals surface area contributed by atoms with Crippen molar-refractivity contribution in [2.45, 2.75) is 71.6 Å². The van der Waals surface area contributed by atoms with Gasteiger partial charge < -0.3 is 29.9 Å². The van der Waals surface area contributed by atoms with Gasteiger partial charge in [-0.05, 0) is 61.6 Å². The van der Waals surface area contributed by atoms with Crippen molar-refractivity contribution in [3.05, 3.63) is 64.7 Å². The molecule has 0 spiro atoms. The van der Waals surface area contributed by atoms with Crippen LogP contribution in [-0.4, -0.2) is 69.0 Å². The van der Waals surface area contributed by atoms with Crippen molar-refractivity contribution < 1.29 is 43.1 Å². The second kappa shape index (κ2) is 14.1. The van der Waals surface area contributed by atoms with Gasteiger partial charge in [0.2, 0.25) is 5.91 Å². The fourth-order valence-electron chi connectivity index (χ4n) is 5.32. The molecule has 2 aromatic carbocycles. The van der Waals surface area contributed by atoms with E-state index in [1.807, 2.05) is 27.7 Å². The van der Waals surface area contributed by atoms with E-state index in [0.717, 1.165) is 5.56 Å². The number of carbonyl (C=O) groups is 3. The zero-order chi connectivity index (χ0) is 33.8. The molecule has 0 aromatic heterocycles. The number of rotatable bonds is 11. The zero-order valence-corrected chi connectivity index (χ0v) is 28.0. The van der Waals surface area contributed by atoms with Gasteiger partial charge in [0.25, 0.3) is 0 Å². The van der Waals surface area contributed by atoms with Gasteiger partial charge in [-0.1, -0.05) is 63.6 Å². The van der Waals surface area contributed by atoms with Gasteiger partial charge in [0, 0.05) is 23.5 Å². The number of amides is 3. The van der Waals surface area contributed by atoms with Crippen molar-refractivity contribution in [2.24, 2.45) is 11.3 Å². The second-order valence-electron chi connectivity index (χ2n) is 12.9. The smallest absolute Gasteiger partial charge is 0.458 e. The molecule has 2 atom stereocenters. The molecule has 12 nitrogen and oxygen atoms in total. The Hall–Kier alpha value is -3.15. The largest absolute Gasteiger partial charge is 0.524 e. The Balaban J connectivity index is 1.54. The van der Waals surface area contributed by atoms with E-state index < -0.39 is 42.5 Å². The van der Waals surface area contributed by atoms with Crippen molar-refractivity contribution in [3.63, 3.8) is 0 Å². The lowest BCUT2D eigenvalue weighted by atomic mass is 9.66. The van der Waals surface area contributed by atoms with E-state index in [-0.39, 0.29) is 37.1 Å². The molecule has 5 N–H and O–H groups in total. The zero-order valence-electron chi connectivity index (χ0n) is 26.4. The number of urea groups is 1. The molecule has 2 aromatic rings. The monoisotopic (exact) mass is 667 g/mol. The van der Waals surface area contributed by atoms with E-state index in [2.05, 4.69) is 15.2 Å². The molecule has 1 aliphatic heterocycles. The molecule has 1 aliphatic rings. The van der Waals surface area contributed by atoms with E-state index in [0.29, 0.717) is 23.6 Å². The first-order chi connectivity index (χ1) is 20.7. The molecular weight excluding hydrogens is 625 g/mol. The van der Waals surface area contributed by atoms with Gasteiger partial charge in [-0.15, -0.1) is 0 Å². The first kappa shape index (κ1) is 36.3. The van der Waals surface area contributed by atoms with E-state index in [1.165, 1.54) is 24.3 Å². The molecule has 14 heteroatoms. The van der Waals surface area contributed by atoms with Crippen LogP contribution in [0.25, 0.3) is 0 Å². The van der Waals surface area contributed by atoms with Gasteiger partial charge in [-0.2, -0.15) is 0 Å². The van der Waals surface area contributed by atoms with Crippen molar-refractivity contribution in [2.75, 3.05) is 19.6 Å². The van der Waals surface area contributed by atoms with Crippen LogP contribution in [0.5, 0.6) is 5.75 Å². The summed E-state index contributed by atoms with van der Waals surface area (Å²) in [6.07, 6.45) is 0.199. The third-order valence-corrected chi connectivity index (χ3v) is 8.56. The lowest BCUT2D eigenvalue weighted by Gasteiger charge is -2.51. The molecule has 0 aliphatic carbocycles. The number of esters is 1. The van der Waals surface area contributed by atoms with Gasteiger partial charge in [-0.25, -0.2) is 9.36 Å². The van der Waals surface area contributed by atoms with Crippen molar-refractivity contribution in [3.8, 4) is 5.75 Å². The summed E-state index contributed by atoms with van der Waals surface area (Å²) in [6, 6.07) is 11.3. The van der Waals surface area contributed by atoms with Crippen LogP contribution in [0.4, 0.5) is 4.79 Å². The minimum absolute atomic E-state index is 0.0382. The number of carbonyl (C=O) groups excluding carboxylic acids is 3. The maximum Gasteiger partial charge on any atom is 0.524 e. The van der Waals surface area contributed by atoms with E-state index >= 15 is 0 Å². The number of hydrogen-bond donors (Lipinski definition) is 5. The molecule has 1 saturated heterocycles. The van der Waals surface area contributed by atoms with Crippen LogP contribution < -0.4 is 15.2 Å². The molecule has 1 heterocycles.